The van der Waals surface area contributed by atoms with Crippen molar-refractivity contribution < 1.29 is 0 Å². The molecule has 0 amide bonds. The number of aromatic nitrogens is 1. The van der Waals surface area contributed by atoms with Gasteiger partial charge in [-0.05, 0) is 97.8 Å². The van der Waals surface area contributed by atoms with E-state index in [4.69, 9.17) is 0 Å². The molecule has 3 heterocycles. The molecule has 0 aliphatic carbocycles. The Labute approximate surface area is 353 Å². The Morgan fingerprint density at radius 3 is 1.23 bits per heavy atom. The van der Waals surface area contributed by atoms with Crippen LogP contribution in [0.2, 0.25) is 0 Å². The Balaban J connectivity index is 1.27. The van der Waals surface area contributed by atoms with Crippen LogP contribution in [-0.4, -0.2) is 20.7 Å². The molecule has 0 bridgehead atoms. The Morgan fingerprint density at radius 2 is 0.750 bits per heavy atom. The first-order valence-corrected chi connectivity index (χ1v) is 25.0. The fourth-order valence-electron chi connectivity index (χ4n) is 11.1. The maximum absolute atomic E-state index is 2.98. The largest absolute Gasteiger partial charge is 0.311 e. The summed E-state index contributed by atoms with van der Waals surface area (Å²) in [6.45, 7) is 4.40. The predicted octanol–water partition coefficient (Wildman–Crippen LogP) is 8.25. The van der Waals surface area contributed by atoms with Crippen LogP contribution in [-0.2, 0) is 0 Å². The first-order chi connectivity index (χ1) is 29.6. The zero-order valence-corrected chi connectivity index (χ0v) is 35.7. The third-order valence-electron chi connectivity index (χ3n) is 13.4. The van der Waals surface area contributed by atoms with Gasteiger partial charge in [0.2, 0.25) is 0 Å². The number of hydrogen-bond acceptors (Lipinski definition) is 1. The molecule has 0 spiro atoms. The summed E-state index contributed by atoms with van der Waals surface area (Å²) in [5, 5.41) is 13.9. The summed E-state index contributed by atoms with van der Waals surface area (Å²) in [5.74, 6) is 0. The van der Waals surface area contributed by atoms with Gasteiger partial charge in [-0.1, -0.05) is 187 Å². The lowest BCUT2D eigenvalue weighted by molar-refractivity contribution is 1.17. The summed E-state index contributed by atoms with van der Waals surface area (Å²) < 4.78 is 2.50. The number of hydrogen-bond donors (Lipinski definition) is 0. The minimum atomic E-state index is -2.98. The lowest BCUT2D eigenvalue weighted by Gasteiger charge is -2.52. The van der Waals surface area contributed by atoms with Crippen molar-refractivity contribution in [1.29, 1.82) is 0 Å². The first-order valence-electron chi connectivity index (χ1n) is 21.0. The van der Waals surface area contributed by atoms with Gasteiger partial charge in [0.05, 0.1) is 11.0 Å². The van der Waals surface area contributed by atoms with Crippen LogP contribution >= 0.6 is 0 Å². The van der Waals surface area contributed by atoms with Gasteiger partial charge in [-0.3, -0.25) is 0 Å². The van der Waals surface area contributed by atoms with Crippen molar-refractivity contribution in [3.05, 3.63) is 230 Å². The van der Waals surface area contributed by atoms with Gasteiger partial charge in [0.1, 0.15) is 0 Å². The van der Waals surface area contributed by atoms with E-state index in [1.165, 1.54) is 97.2 Å². The van der Waals surface area contributed by atoms with Crippen molar-refractivity contribution in [2.75, 3.05) is 4.90 Å². The van der Waals surface area contributed by atoms with Gasteiger partial charge in [-0.2, -0.15) is 0 Å². The molecular weight excluding hydrogens is 757 g/mol. The Morgan fingerprint density at radius 1 is 0.333 bits per heavy atom. The molecule has 0 unspecified atom stereocenters. The van der Waals surface area contributed by atoms with Crippen molar-refractivity contribution in [3.63, 3.8) is 0 Å². The molecule has 60 heavy (non-hydrogen) atoms. The highest BCUT2D eigenvalue weighted by molar-refractivity contribution is 7.24. The normalized spacial score (nSPS) is 14.4. The molecule has 9 aromatic carbocycles. The van der Waals surface area contributed by atoms with Crippen LogP contribution in [0, 0.1) is 13.8 Å². The summed E-state index contributed by atoms with van der Waals surface area (Å²) in [5.41, 5.74) is 10.1. The molecule has 0 N–H and O–H groups in total. The van der Waals surface area contributed by atoms with E-state index < -0.39 is 16.1 Å². The molecule has 0 fully saturated rings. The third-order valence-corrected chi connectivity index (χ3v) is 23.1. The Kier molecular flexibility index (Phi) is 7.74. The molecule has 4 heteroatoms. The van der Waals surface area contributed by atoms with Crippen LogP contribution in [0.25, 0.3) is 27.5 Å². The van der Waals surface area contributed by atoms with Gasteiger partial charge in [0, 0.05) is 33.5 Å². The molecule has 0 atom stereocenters. The Hall–Kier alpha value is -6.99. The number of rotatable bonds is 5. The number of nitrogens with zero attached hydrogens (tertiary/aromatic N) is 2. The van der Waals surface area contributed by atoms with Crippen LogP contribution in [0.3, 0.4) is 0 Å². The van der Waals surface area contributed by atoms with Gasteiger partial charge in [-0.15, -0.1) is 0 Å². The van der Waals surface area contributed by atoms with Crippen molar-refractivity contribution in [2.45, 2.75) is 13.8 Å². The molecule has 1 aromatic heterocycles. The van der Waals surface area contributed by atoms with Crippen LogP contribution in [0.5, 0.6) is 0 Å². The molecule has 2 nitrogen and oxygen atoms in total. The SMILES string of the molecule is Cc1ccc2c(c1)c1cc(C)ccc1n2-c1ccc2c(c1)N1c3ccccc3[Si](c3ccccc3)(c3ccccc3)c3cccc(c31)[Si]2(c1ccccc1)c1ccccc1. The van der Waals surface area contributed by atoms with Crippen LogP contribution in [0.1, 0.15) is 11.1 Å². The van der Waals surface area contributed by atoms with E-state index in [-0.39, 0.29) is 0 Å². The third kappa shape index (κ3) is 4.69. The van der Waals surface area contributed by atoms with Gasteiger partial charge in [0.25, 0.3) is 0 Å². The molecule has 12 rings (SSSR count). The van der Waals surface area contributed by atoms with Crippen LogP contribution in [0.15, 0.2) is 218 Å². The molecule has 2 aliphatic heterocycles. The van der Waals surface area contributed by atoms with Gasteiger partial charge in [0.15, 0.2) is 16.1 Å². The second-order valence-electron chi connectivity index (χ2n) is 16.6. The smallest absolute Gasteiger partial charge is 0.184 e. The minimum absolute atomic E-state index is 1.17. The number of fused-ring (bicyclic) bond motifs is 7. The maximum atomic E-state index is 2.68. The molecular formula is C56H42N2Si2. The fraction of sp³-hybridized carbons (Fsp3) is 0.0357. The first kappa shape index (κ1) is 35.0. The zero-order valence-electron chi connectivity index (χ0n) is 33.7. The van der Waals surface area contributed by atoms with E-state index in [2.05, 4.69) is 242 Å². The predicted molar refractivity (Wildman–Crippen MR) is 259 cm³/mol. The van der Waals surface area contributed by atoms with E-state index in [0.717, 1.165) is 0 Å². The number of anilines is 3. The molecule has 0 saturated heterocycles. The number of benzene rings is 9. The number of aryl methyl sites for hydroxylation is 2. The van der Waals surface area contributed by atoms with E-state index in [0.29, 0.717) is 0 Å². The summed E-state index contributed by atoms with van der Waals surface area (Å²) in [6, 6.07) is 83.7. The summed E-state index contributed by atoms with van der Waals surface area (Å²) in [7, 11) is -5.87. The Bertz CT molecular complexity index is 3130. The average molecular weight is 799 g/mol. The second kappa shape index (κ2) is 13.3. The van der Waals surface area contributed by atoms with Crippen LogP contribution < -0.4 is 46.4 Å². The maximum Gasteiger partial charge on any atom is 0.184 e. The van der Waals surface area contributed by atoms with E-state index >= 15 is 0 Å². The zero-order chi connectivity index (χ0) is 40.0. The number of para-hydroxylation sites is 2. The quantitative estimate of drug-likeness (QED) is 0.159. The van der Waals surface area contributed by atoms with Crippen molar-refractivity contribution >= 4 is 96.5 Å². The van der Waals surface area contributed by atoms with Gasteiger partial charge < -0.3 is 9.47 Å². The monoisotopic (exact) mass is 798 g/mol. The molecule has 284 valence electrons. The van der Waals surface area contributed by atoms with Gasteiger partial charge in [-0.25, -0.2) is 0 Å². The topological polar surface area (TPSA) is 8.17 Å². The second-order valence-corrected chi connectivity index (χ2v) is 24.1. The van der Waals surface area contributed by atoms with Crippen molar-refractivity contribution in [1.82, 2.24) is 4.57 Å². The lowest BCUT2D eigenvalue weighted by atomic mass is 10.1. The highest BCUT2D eigenvalue weighted by atomic mass is 28.3. The fourth-order valence-corrected chi connectivity index (χ4v) is 21.4. The molecule has 0 radical (unpaired) electrons. The molecule has 2 aliphatic rings. The van der Waals surface area contributed by atoms with Crippen LogP contribution in [0.4, 0.5) is 17.1 Å². The van der Waals surface area contributed by atoms with Gasteiger partial charge >= 0.3 is 0 Å². The highest BCUT2D eigenvalue weighted by Crippen LogP contribution is 2.43. The summed E-state index contributed by atoms with van der Waals surface area (Å²) >= 11 is 0. The summed E-state index contributed by atoms with van der Waals surface area (Å²) in [6.07, 6.45) is 0. The average Bonchev–Trinajstić information content (AvgIpc) is 3.62. The minimum Gasteiger partial charge on any atom is -0.311 e. The van der Waals surface area contributed by atoms with Crippen molar-refractivity contribution in [2.24, 2.45) is 0 Å². The summed E-state index contributed by atoms with van der Waals surface area (Å²) in [4.78, 5) is 2.68. The van der Waals surface area contributed by atoms with E-state index in [1.807, 2.05) is 0 Å². The molecule has 10 aromatic rings. The highest BCUT2D eigenvalue weighted by Gasteiger charge is 2.56. The standard InChI is InChI=1S/C56H42N2Si2/c1-39-30-33-48-46(36-39)47-37-40(2)31-34-49(47)57(48)41-32-35-53-51(38-41)58-50-26-15-16-27-52(50)59(42-18-7-3-8-19-42,43-20-9-4-10-21-43)54-28-17-29-55(56(54)58)60(53,44-22-11-5-12-23-44)45-24-13-6-14-25-45/h3-38H,1-2H3. The van der Waals surface area contributed by atoms with Crippen molar-refractivity contribution in [3.8, 4) is 5.69 Å². The lowest BCUT2D eigenvalue weighted by Crippen LogP contribution is -2.82. The molecule has 0 saturated carbocycles. The van der Waals surface area contributed by atoms with E-state index in [1.54, 1.807) is 0 Å². The van der Waals surface area contributed by atoms with E-state index in [9.17, 15) is 0 Å².